The fourth-order valence-corrected chi connectivity index (χ4v) is 5.94. The molecule has 0 radical (unpaired) electrons. The molecule has 8 nitrogen and oxygen atoms in total. The van der Waals surface area contributed by atoms with E-state index in [1.54, 1.807) is 29.4 Å². The molecule has 0 bridgehead atoms. The van der Waals surface area contributed by atoms with Gasteiger partial charge in [-0.2, -0.15) is 15.6 Å². The van der Waals surface area contributed by atoms with E-state index in [1.807, 2.05) is 49.4 Å². The number of hydrazine groups is 1. The van der Waals surface area contributed by atoms with Crippen LogP contribution < -0.4 is 15.9 Å². The molecule has 0 saturated heterocycles. The van der Waals surface area contributed by atoms with Crippen LogP contribution >= 0.6 is 19.0 Å². The smallest absolute Gasteiger partial charge is 0.290 e. The molecule has 1 aliphatic rings. The van der Waals surface area contributed by atoms with Crippen LogP contribution in [0.2, 0.25) is 5.02 Å². The van der Waals surface area contributed by atoms with Crippen LogP contribution in [-0.2, 0) is 11.1 Å². The zero-order valence-corrected chi connectivity index (χ0v) is 19.7. The van der Waals surface area contributed by atoms with Crippen LogP contribution in [0.3, 0.4) is 0 Å². The van der Waals surface area contributed by atoms with Gasteiger partial charge in [0.05, 0.1) is 30.4 Å². The Bertz CT molecular complexity index is 1280. The van der Waals surface area contributed by atoms with Gasteiger partial charge < -0.3 is 5.43 Å². The fourth-order valence-electron chi connectivity index (χ4n) is 3.57. The van der Waals surface area contributed by atoms with Crippen molar-refractivity contribution in [2.24, 2.45) is 4.99 Å². The summed E-state index contributed by atoms with van der Waals surface area (Å²) in [5.74, 6) is 1.05. The fraction of sp³-hybridized carbons (Fsp3) is 0.227. The van der Waals surface area contributed by atoms with Gasteiger partial charge in [-0.1, -0.05) is 48.0 Å². The quantitative estimate of drug-likeness (QED) is 0.408. The Morgan fingerprint density at radius 2 is 1.94 bits per heavy atom. The van der Waals surface area contributed by atoms with Crippen LogP contribution in [0.15, 0.2) is 53.5 Å². The molecule has 10 heteroatoms. The number of nitrogens with zero attached hydrogens (tertiary/aromatic N) is 5. The number of nitriles is 1. The number of aliphatic imine (C=N–C) groups is 1. The zero-order valence-electron chi connectivity index (χ0n) is 18.0. The van der Waals surface area contributed by atoms with Gasteiger partial charge in [-0.05, 0) is 31.5 Å². The lowest BCUT2D eigenvalue weighted by atomic mass is 10.2. The van der Waals surface area contributed by atoms with Gasteiger partial charge in [-0.25, -0.2) is 9.67 Å². The minimum absolute atomic E-state index is 0.275. The van der Waals surface area contributed by atoms with Crippen molar-refractivity contribution < 1.29 is 4.57 Å². The maximum Gasteiger partial charge on any atom is 0.290 e. The van der Waals surface area contributed by atoms with E-state index in [1.165, 1.54) is 0 Å². The number of anilines is 1. The zero-order chi connectivity index (χ0) is 22.9. The number of aryl methyl sites for hydroxylation is 3. The largest absolute Gasteiger partial charge is 0.314 e. The van der Waals surface area contributed by atoms with Crippen molar-refractivity contribution in [1.29, 1.82) is 5.26 Å². The van der Waals surface area contributed by atoms with Gasteiger partial charge in [-0.15, -0.1) is 0 Å². The van der Waals surface area contributed by atoms with E-state index >= 15 is 0 Å². The van der Waals surface area contributed by atoms with Gasteiger partial charge in [0.2, 0.25) is 0 Å². The Morgan fingerprint density at radius 1 is 1.19 bits per heavy atom. The molecule has 4 rings (SSSR count). The third kappa shape index (κ3) is 3.91. The third-order valence-electron chi connectivity index (χ3n) is 5.30. The van der Waals surface area contributed by atoms with Gasteiger partial charge >= 0.3 is 0 Å². The van der Waals surface area contributed by atoms with Gasteiger partial charge in [0, 0.05) is 17.6 Å². The van der Waals surface area contributed by atoms with Gasteiger partial charge in [0.15, 0.2) is 5.82 Å². The first-order chi connectivity index (χ1) is 15.3. The van der Waals surface area contributed by atoms with Crippen LogP contribution in [0.5, 0.6) is 0 Å². The average Bonchev–Trinajstić information content (AvgIpc) is 3.12. The molecule has 1 atom stereocenters. The van der Waals surface area contributed by atoms with E-state index < -0.39 is 7.44 Å². The van der Waals surface area contributed by atoms with Crippen LogP contribution in [0.1, 0.15) is 23.2 Å². The highest BCUT2D eigenvalue weighted by Crippen LogP contribution is 2.50. The van der Waals surface area contributed by atoms with Crippen LogP contribution in [0, 0.1) is 25.2 Å². The number of aromatic nitrogens is 2. The summed E-state index contributed by atoms with van der Waals surface area (Å²) in [6.07, 6.45) is 0.275. The average molecular weight is 468 g/mol. The first-order valence-corrected chi connectivity index (χ1v) is 12.1. The maximum absolute atomic E-state index is 14.5. The standard InChI is InChI=1S/C22H23ClN7OP/c1-15-10-11-18(14-19(15)23)26-28-32(31)20-16(2)27-30(13-7-12-24)22(20)25-21(29(32)3)17-8-5-4-6-9-17/h4-6,8-11,14,26H,7,13H2,1-3H3,(H,28,31). The molecule has 0 spiro atoms. The van der Waals surface area contributed by atoms with E-state index in [0.29, 0.717) is 39.9 Å². The minimum Gasteiger partial charge on any atom is -0.314 e. The molecule has 0 aliphatic carbocycles. The minimum atomic E-state index is -3.43. The summed E-state index contributed by atoms with van der Waals surface area (Å²) in [6.45, 7) is 4.09. The van der Waals surface area contributed by atoms with Crippen molar-refractivity contribution in [3.05, 3.63) is 70.4 Å². The molecule has 2 heterocycles. The number of benzene rings is 2. The van der Waals surface area contributed by atoms with Gasteiger partial charge in [-0.3, -0.25) is 9.24 Å². The van der Waals surface area contributed by atoms with Crippen LogP contribution in [0.25, 0.3) is 0 Å². The van der Waals surface area contributed by atoms with Crippen molar-refractivity contribution in [1.82, 2.24) is 19.6 Å². The Labute approximate surface area is 192 Å². The number of amidine groups is 1. The van der Waals surface area contributed by atoms with Gasteiger partial charge in [0.1, 0.15) is 11.1 Å². The second-order valence-electron chi connectivity index (χ2n) is 7.49. The summed E-state index contributed by atoms with van der Waals surface area (Å²) >= 11 is 6.25. The summed E-state index contributed by atoms with van der Waals surface area (Å²) in [4.78, 5) is 4.82. The summed E-state index contributed by atoms with van der Waals surface area (Å²) in [5, 5.41) is 17.8. The van der Waals surface area contributed by atoms with Crippen molar-refractivity contribution >= 4 is 41.7 Å². The van der Waals surface area contributed by atoms with Crippen molar-refractivity contribution in [3.63, 3.8) is 0 Å². The van der Waals surface area contributed by atoms with Gasteiger partial charge in [0.25, 0.3) is 7.44 Å². The second-order valence-corrected chi connectivity index (χ2v) is 10.3. The number of hydrogen-bond donors (Lipinski definition) is 2. The van der Waals surface area contributed by atoms with E-state index in [9.17, 15) is 4.57 Å². The molecule has 1 aromatic heterocycles. The highest BCUT2D eigenvalue weighted by molar-refractivity contribution is 7.68. The summed E-state index contributed by atoms with van der Waals surface area (Å²) in [7, 11) is -1.68. The normalized spacial score (nSPS) is 17.5. The molecule has 32 heavy (non-hydrogen) atoms. The van der Waals surface area contributed by atoms with E-state index in [-0.39, 0.29) is 6.42 Å². The van der Waals surface area contributed by atoms with Crippen LogP contribution in [0.4, 0.5) is 11.5 Å². The van der Waals surface area contributed by atoms with Crippen molar-refractivity contribution in [2.75, 3.05) is 12.5 Å². The Hall–Kier alpha value is -3.11. The molecular formula is C22H23ClN7OP. The highest BCUT2D eigenvalue weighted by atomic mass is 35.5. The number of nitrogens with one attached hydrogen (secondary N) is 2. The monoisotopic (exact) mass is 467 g/mol. The Balaban J connectivity index is 1.80. The molecule has 2 aromatic carbocycles. The molecule has 2 N–H and O–H groups in total. The number of hydrogen-bond acceptors (Lipinski definition) is 5. The Kier molecular flexibility index (Phi) is 6.07. The van der Waals surface area contributed by atoms with Crippen molar-refractivity contribution in [2.45, 2.75) is 26.8 Å². The molecular weight excluding hydrogens is 445 g/mol. The molecule has 0 amide bonds. The summed E-state index contributed by atoms with van der Waals surface area (Å²) < 4.78 is 17.8. The molecule has 0 saturated carbocycles. The summed E-state index contributed by atoms with van der Waals surface area (Å²) in [6, 6.07) is 17.2. The van der Waals surface area contributed by atoms with E-state index in [4.69, 9.17) is 21.9 Å². The maximum atomic E-state index is 14.5. The number of halogens is 1. The highest BCUT2D eigenvalue weighted by Gasteiger charge is 2.42. The third-order valence-corrected chi connectivity index (χ3v) is 8.29. The Morgan fingerprint density at radius 3 is 2.62 bits per heavy atom. The molecule has 164 valence electrons. The number of fused-ring (bicyclic) bond motifs is 1. The lowest BCUT2D eigenvalue weighted by Crippen LogP contribution is -2.41. The van der Waals surface area contributed by atoms with E-state index in [2.05, 4.69) is 21.8 Å². The first kappa shape index (κ1) is 22.1. The predicted molar refractivity (Wildman–Crippen MR) is 128 cm³/mol. The topological polar surface area (TPSA) is 98.3 Å². The van der Waals surface area contributed by atoms with E-state index in [0.717, 1.165) is 11.1 Å². The molecule has 3 aromatic rings. The molecule has 1 aliphatic heterocycles. The SMILES string of the molecule is Cc1ccc(NNP2(=O)c3c(C)nn(CCC#N)c3N=C(c3ccccc3)N2C)cc1Cl. The molecule has 0 fully saturated rings. The molecule has 1 unspecified atom stereocenters. The second kappa shape index (κ2) is 8.79. The van der Waals surface area contributed by atoms with Crippen molar-refractivity contribution in [3.8, 4) is 6.07 Å². The lowest BCUT2D eigenvalue weighted by Gasteiger charge is -2.35. The lowest BCUT2D eigenvalue weighted by molar-refractivity contribution is 0.540. The van der Waals surface area contributed by atoms with Crippen LogP contribution in [-0.4, -0.2) is 27.3 Å². The predicted octanol–water partition coefficient (Wildman–Crippen LogP) is 4.53. The number of rotatable bonds is 6. The first-order valence-electron chi connectivity index (χ1n) is 10.1. The summed E-state index contributed by atoms with van der Waals surface area (Å²) in [5.41, 5.74) is 6.12.